The SMILES string of the molecule is CC(NCc1ccc(-n2cccn2)cc1)c1ccc(Cl)s1. The number of nitrogens with zero attached hydrogens (tertiary/aromatic N) is 2. The molecule has 0 aliphatic rings. The van der Waals surface area contributed by atoms with E-state index in [4.69, 9.17) is 11.6 Å². The zero-order chi connectivity index (χ0) is 14.7. The molecule has 3 nitrogen and oxygen atoms in total. The van der Waals surface area contributed by atoms with Gasteiger partial charge in [-0.15, -0.1) is 11.3 Å². The van der Waals surface area contributed by atoms with Crippen LogP contribution in [0, 0.1) is 0 Å². The van der Waals surface area contributed by atoms with E-state index in [1.54, 1.807) is 17.5 Å². The van der Waals surface area contributed by atoms with E-state index in [0.29, 0.717) is 6.04 Å². The molecule has 1 unspecified atom stereocenters. The van der Waals surface area contributed by atoms with Crippen molar-refractivity contribution in [3.63, 3.8) is 0 Å². The van der Waals surface area contributed by atoms with E-state index in [-0.39, 0.29) is 0 Å². The van der Waals surface area contributed by atoms with Gasteiger partial charge in [0.1, 0.15) is 0 Å². The van der Waals surface area contributed by atoms with Crippen molar-refractivity contribution >= 4 is 22.9 Å². The average molecular weight is 318 g/mol. The fourth-order valence-corrected chi connectivity index (χ4v) is 3.21. The molecule has 1 atom stereocenters. The second kappa shape index (κ2) is 6.43. The highest BCUT2D eigenvalue weighted by Crippen LogP contribution is 2.26. The molecule has 2 aromatic heterocycles. The molecule has 0 fully saturated rings. The summed E-state index contributed by atoms with van der Waals surface area (Å²) in [6.07, 6.45) is 3.72. The second-order valence-electron chi connectivity index (χ2n) is 4.86. The van der Waals surface area contributed by atoms with Crippen LogP contribution in [0.25, 0.3) is 5.69 Å². The van der Waals surface area contributed by atoms with E-state index in [0.717, 1.165) is 16.6 Å². The fraction of sp³-hybridized carbons (Fsp3) is 0.188. The summed E-state index contributed by atoms with van der Waals surface area (Å²) in [6, 6.07) is 14.6. The van der Waals surface area contributed by atoms with Crippen molar-refractivity contribution < 1.29 is 0 Å². The number of hydrogen-bond donors (Lipinski definition) is 1. The molecule has 5 heteroatoms. The number of nitrogens with one attached hydrogen (secondary N) is 1. The molecule has 0 saturated heterocycles. The topological polar surface area (TPSA) is 29.9 Å². The highest BCUT2D eigenvalue weighted by molar-refractivity contribution is 7.16. The molecule has 3 rings (SSSR count). The van der Waals surface area contributed by atoms with Crippen LogP contribution in [0.5, 0.6) is 0 Å². The van der Waals surface area contributed by atoms with Gasteiger partial charge in [0.25, 0.3) is 0 Å². The lowest BCUT2D eigenvalue weighted by Crippen LogP contribution is -2.17. The third kappa shape index (κ3) is 3.53. The zero-order valence-corrected chi connectivity index (χ0v) is 13.2. The Labute approximate surface area is 133 Å². The molecular formula is C16H16ClN3S. The number of rotatable bonds is 5. The Morgan fingerprint density at radius 3 is 2.67 bits per heavy atom. The van der Waals surface area contributed by atoms with Crippen LogP contribution in [-0.2, 0) is 6.54 Å². The maximum absolute atomic E-state index is 5.97. The van der Waals surface area contributed by atoms with Crippen LogP contribution in [0.3, 0.4) is 0 Å². The Bertz CT molecular complexity index is 689. The summed E-state index contributed by atoms with van der Waals surface area (Å²) in [6.45, 7) is 2.98. The molecule has 0 aliphatic heterocycles. The predicted octanol–water partition coefficient (Wildman–Crippen LogP) is 4.44. The van der Waals surface area contributed by atoms with Gasteiger partial charge in [-0.2, -0.15) is 5.10 Å². The van der Waals surface area contributed by atoms with Crippen molar-refractivity contribution in [2.24, 2.45) is 0 Å². The maximum Gasteiger partial charge on any atom is 0.0931 e. The Balaban J connectivity index is 1.61. The second-order valence-corrected chi connectivity index (χ2v) is 6.61. The molecule has 0 saturated carbocycles. The van der Waals surface area contributed by atoms with Gasteiger partial charge < -0.3 is 5.32 Å². The molecule has 21 heavy (non-hydrogen) atoms. The highest BCUT2D eigenvalue weighted by Gasteiger charge is 2.07. The van der Waals surface area contributed by atoms with Crippen molar-refractivity contribution in [1.82, 2.24) is 15.1 Å². The van der Waals surface area contributed by atoms with Crippen molar-refractivity contribution in [3.8, 4) is 5.69 Å². The van der Waals surface area contributed by atoms with Crippen LogP contribution >= 0.6 is 22.9 Å². The lowest BCUT2D eigenvalue weighted by molar-refractivity contribution is 0.583. The van der Waals surface area contributed by atoms with Crippen LogP contribution < -0.4 is 5.32 Å². The van der Waals surface area contributed by atoms with Gasteiger partial charge in [0.15, 0.2) is 0 Å². The quantitative estimate of drug-likeness (QED) is 0.754. The molecule has 0 aliphatic carbocycles. The lowest BCUT2D eigenvalue weighted by atomic mass is 10.2. The third-order valence-electron chi connectivity index (χ3n) is 3.34. The third-order valence-corrected chi connectivity index (χ3v) is 4.75. The molecule has 1 N–H and O–H groups in total. The fourth-order valence-electron chi connectivity index (χ4n) is 2.12. The predicted molar refractivity (Wildman–Crippen MR) is 88.1 cm³/mol. The molecule has 108 valence electrons. The Morgan fingerprint density at radius 2 is 2.05 bits per heavy atom. The molecule has 0 radical (unpaired) electrons. The first kappa shape index (κ1) is 14.3. The molecule has 2 heterocycles. The van der Waals surface area contributed by atoms with Gasteiger partial charge in [0.05, 0.1) is 10.0 Å². The molecule has 1 aromatic carbocycles. The van der Waals surface area contributed by atoms with E-state index >= 15 is 0 Å². The van der Waals surface area contributed by atoms with Crippen molar-refractivity contribution in [2.75, 3.05) is 0 Å². The van der Waals surface area contributed by atoms with Gasteiger partial charge in [0, 0.05) is 29.9 Å². The minimum atomic E-state index is 0.299. The largest absolute Gasteiger partial charge is 0.305 e. The monoisotopic (exact) mass is 317 g/mol. The Hall–Kier alpha value is -1.62. The van der Waals surface area contributed by atoms with Gasteiger partial charge in [0.2, 0.25) is 0 Å². The first-order chi connectivity index (χ1) is 10.2. The van der Waals surface area contributed by atoms with Crippen LogP contribution in [0.1, 0.15) is 23.4 Å². The van der Waals surface area contributed by atoms with Crippen LogP contribution in [-0.4, -0.2) is 9.78 Å². The lowest BCUT2D eigenvalue weighted by Gasteiger charge is -2.12. The molecule has 3 aromatic rings. The van der Waals surface area contributed by atoms with Crippen LogP contribution in [0.4, 0.5) is 0 Å². The zero-order valence-electron chi connectivity index (χ0n) is 11.7. The van der Waals surface area contributed by atoms with E-state index in [1.807, 2.05) is 23.0 Å². The van der Waals surface area contributed by atoms with Gasteiger partial charge in [-0.3, -0.25) is 0 Å². The summed E-state index contributed by atoms with van der Waals surface area (Å²) >= 11 is 7.59. The normalized spacial score (nSPS) is 12.5. The summed E-state index contributed by atoms with van der Waals surface area (Å²) < 4.78 is 2.69. The van der Waals surface area contributed by atoms with E-state index in [9.17, 15) is 0 Å². The maximum atomic E-state index is 5.97. The summed E-state index contributed by atoms with van der Waals surface area (Å²) in [5, 5.41) is 7.73. The number of benzene rings is 1. The summed E-state index contributed by atoms with van der Waals surface area (Å²) in [5.41, 5.74) is 2.32. The van der Waals surface area contributed by atoms with Crippen molar-refractivity contribution in [3.05, 3.63) is 69.6 Å². The average Bonchev–Trinajstić information content (AvgIpc) is 3.16. The summed E-state index contributed by atoms with van der Waals surface area (Å²) in [7, 11) is 0. The summed E-state index contributed by atoms with van der Waals surface area (Å²) in [5.74, 6) is 0. The number of thiophene rings is 1. The van der Waals surface area contributed by atoms with Crippen LogP contribution in [0.2, 0.25) is 4.34 Å². The smallest absolute Gasteiger partial charge is 0.0931 e. The van der Waals surface area contributed by atoms with Gasteiger partial charge in [-0.25, -0.2) is 4.68 Å². The number of hydrogen-bond acceptors (Lipinski definition) is 3. The Kier molecular flexibility index (Phi) is 4.39. The first-order valence-corrected chi connectivity index (χ1v) is 7.99. The van der Waals surface area contributed by atoms with Gasteiger partial charge >= 0.3 is 0 Å². The van der Waals surface area contributed by atoms with Crippen LogP contribution in [0.15, 0.2) is 54.9 Å². The molecular weight excluding hydrogens is 302 g/mol. The molecule has 0 spiro atoms. The van der Waals surface area contributed by atoms with Gasteiger partial charge in [-0.1, -0.05) is 23.7 Å². The van der Waals surface area contributed by atoms with Gasteiger partial charge in [-0.05, 0) is 42.8 Å². The molecule has 0 bridgehead atoms. The van der Waals surface area contributed by atoms with E-state index < -0.39 is 0 Å². The van der Waals surface area contributed by atoms with E-state index in [1.165, 1.54) is 10.4 Å². The first-order valence-electron chi connectivity index (χ1n) is 6.80. The highest BCUT2D eigenvalue weighted by atomic mass is 35.5. The Morgan fingerprint density at radius 1 is 1.24 bits per heavy atom. The minimum absolute atomic E-state index is 0.299. The van der Waals surface area contributed by atoms with Crippen molar-refractivity contribution in [1.29, 1.82) is 0 Å². The number of aromatic nitrogens is 2. The molecule has 0 amide bonds. The van der Waals surface area contributed by atoms with E-state index in [2.05, 4.69) is 47.7 Å². The number of halogens is 1. The standard InChI is InChI=1S/C16H16ClN3S/c1-12(15-7-8-16(17)21-15)18-11-13-3-5-14(6-4-13)20-10-2-9-19-20/h2-10,12,18H,11H2,1H3. The summed E-state index contributed by atoms with van der Waals surface area (Å²) in [4.78, 5) is 1.26. The minimum Gasteiger partial charge on any atom is -0.305 e. The van der Waals surface area contributed by atoms with Crippen molar-refractivity contribution in [2.45, 2.75) is 19.5 Å².